The molecule has 1 N–H and O–H groups in total. The molecule has 4 heteroatoms. The normalized spacial score (nSPS) is 24.1. The minimum Gasteiger partial charge on any atom is -0.386 e. The first-order chi connectivity index (χ1) is 6.68. The van der Waals surface area contributed by atoms with E-state index in [1.54, 1.807) is 11.3 Å². The second-order valence-corrected chi connectivity index (χ2v) is 6.19. The first-order valence-electron chi connectivity index (χ1n) is 4.74. The third-order valence-electron chi connectivity index (χ3n) is 2.56. The van der Waals surface area contributed by atoms with E-state index in [2.05, 4.69) is 15.9 Å². The smallest absolute Gasteiger partial charge is 0.106 e. The number of aryl methyl sites for hydroxylation is 1. The van der Waals surface area contributed by atoms with Crippen molar-refractivity contribution in [3.8, 4) is 0 Å². The second kappa shape index (κ2) is 4.31. The van der Waals surface area contributed by atoms with Gasteiger partial charge in [-0.2, -0.15) is 0 Å². The van der Waals surface area contributed by atoms with Crippen LogP contribution in [0, 0.1) is 6.92 Å². The summed E-state index contributed by atoms with van der Waals surface area (Å²) in [5, 5.41) is 10.1. The lowest BCUT2D eigenvalue weighted by atomic mass is 10.0. The Kier molecular flexibility index (Phi) is 3.27. The van der Waals surface area contributed by atoms with Gasteiger partial charge in [-0.05, 0) is 47.3 Å². The minimum atomic E-state index is -0.458. The Labute approximate surface area is 96.0 Å². The largest absolute Gasteiger partial charge is 0.386 e. The molecule has 1 saturated heterocycles. The van der Waals surface area contributed by atoms with Crippen molar-refractivity contribution in [2.24, 2.45) is 0 Å². The Morgan fingerprint density at radius 1 is 1.71 bits per heavy atom. The zero-order valence-electron chi connectivity index (χ0n) is 8.00. The van der Waals surface area contributed by atoms with E-state index in [4.69, 9.17) is 4.74 Å². The topological polar surface area (TPSA) is 29.5 Å². The van der Waals surface area contributed by atoms with Gasteiger partial charge >= 0.3 is 0 Å². The molecule has 0 saturated carbocycles. The molecule has 1 aromatic heterocycles. The van der Waals surface area contributed by atoms with Crippen LogP contribution in [0.1, 0.15) is 29.4 Å². The van der Waals surface area contributed by atoms with Gasteiger partial charge in [0.25, 0.3) is 0 Å². The lowest BCUT2D eigenvalue weighted by Crippen LogP contribution is -2.17. The van der Waals surface area contributed by atoms with Crippen LogP contribution >= 0.6 is 27.3 Å². The molecule has 0 aromatic carbocycles. The van der Waals surface area contributed by atoms with Crippen LogP contribution in [0.2, 0.25) is 0 Å². The molecule has 2 heterocycles. The van der Waals surface area contributed by atoms with Gasteiger partial charge in [0.15, 0.2) is 0 Å². The van der Waals surface area contributed by atoms with E-state index >= 15 is 0 Å². The lowest BCUT2D eigenvalue weighted by molar-refractivity contribution is -0.00266. The van der Waals surface area contributed by atoms with Crippen LogP contribution < -0.4 is 0 Å². The van der Waals surface area contributed by atoms with Crippen LogP contribution in [-0.4, -0.2) is 17.8 Å². The van der Waals surface area contributed by atoms with Gasteiger partial charge < -0.3 is 9.84 Å². The van der Waals surface area contributed by atoms with Gasteiger partial charge in [0.05, 0.1) is 9.89 Å². The number of hydrogen-bond donors (Lipinski definition) is 1. The Balaban J connectivity index is 2.17. The van der Waals surface area contributed by atoms with Gasteiger partial charge in [-0.15, -0.1) is 11.3 Å². The summed E-state index contributed by atoms with van der Waals surface area (Å²) in [5.41, 5.74) is 1.01. The molecule has 0 amide bonds. The summed E-state index contributed by atoms with van der Waals surface area (Å²) in [6.45, 7) is 2.81. The summed E-state index contributed by atoms with van der Waals surface area (Å²) in [6, 6.07) is 1.99. The zero-order chi connectivity index (χ0) is 10.1. The van der Waals surface area contributed by atoms with E-state index in [1.807, 2.05) is 13.0 Å². The predicted octanol–water partition coefficient (Wildman–Crippen LogP) is 3.03. The van der Waals surface area contributed by atoms with E-state index in [-0.39, 0.29) is 6.10 Å². The van der Waals surface area contributed by atoms with Crippen molar-refractivity contribution in [3.63, 3.8) is 0 Å². The summed E-state index contributed by atoms with van der Waals surface area (Å²) >= 11 is 5.08. The molecule has 1 aromatic rings. The number of halogens is 1. The molecule has 14 heavy (non-hydrogen) atoms. The second-order valence-electron chi connectivity index (χ2n) is 3.56. The third-order valence-corrected chi connectivity index (χ3v) is 4.13. The highest BCUT2D eigenvalue weighted by atomic mass is 79.9. The monoisotopic (exact) mass is 276 g/mol. The predicted molar refractivity (Wildman–Crippen MR) is 60.7 cm³/mol. The van der Waals surface area contributed by atoms with Crippen LogP contribution in [0.15, 0.2) is 9.85 Å². The standard InChI is InChI=1S/C10H13BrO2S/c1-6-7(5-9(11)14-6)10(12)8-3-2-4-13-8/h5,8,10,12H,2-4H2,1H3. The summed E-state index contributed by atoms with van der Waals surface area (Å²) in [4.78, 5) is 1.17. The molecule has 2 atom stereocenters. The summed E-state index contributed by atoms with van der Waals surface area (Å²) in [7, 11) is 0. The molecule has 2 unspecified atom stereocenters. The van der Waals surface area contributed by atoms with Crippen LogP contribution in [0.4, 0.5) is 0 Å². The Morgan fingerprint density at radius 3 is 3.00 bits per heavy atom. The first kappa shape index (κ1) is 10.6. The average molecular weight is 277 g/mol. The zero-order valence-corrected chi connectivity index (χ0v) is 10.4. The van der Waals surface area contributed by atoms with Crippen LogP contribution in [-0.2, 0) is 4.74 Å². The molecule has 2 rings (SSSR count). The molecule has 0 bridgehead atoms. The summed E-state index contributed by atoms with van der Waals surface area (Å²) < 4.78 is 6.54. The van der Waals surface area contributed by atoms with Crippen LogP contribution in [0.5, 0.6) is 0 Å². The van der Waals surface area contributed by atoms with Crippen molar-refractivity contribution >= 4 is 27.3 Å². The quantitative estimate of drug-likeness (QED) is 0.900. The molecule has 1 fully saturated rings. The van der Waals surface area contributed by atoms with E-state index in [9.17, 15) is 5.11 Å². The minimum absolute atomic E-state index is 0.00444. The first-order valence-corrected chi connectivity index (χ1v) is 6.35. The molecular weight excluding hydrogens is 264 g/mol. The van der Waals surface area contributed by atoms with Crippen molar-refractivity contribution in [2.75, 3.05) is 6.61 Å². The molecule has 78 valence electrons. The third kappa shape index (κ3) is 2.03. The van der Waals surface area contributed by atoms with Gasteiger partial charge in [-0.1, -0.05) is 0 Å². The Morgan fingerprint density at radius 2 is 2.50 bits per heavy atom. The van der Waals surface area contributed by atoms with Crippen molar-refractivity contribution in [1.82, 2.24) is 0 Å². The Bertz CT molecular complexity index is 318. The van der Waals surface area contributed by atoms with Gasteiger partial charge in [0.1, 0.15) is 6.10 Å². The van der Waals surface area contributed by atoms with Crippen LogP contribution in [0.25, 0.3) is 0 Å². The molecule has 1 aliphatic rings. The van der Waals surface area contributed by atoms with Gasteiger partial charge in [-0.3, -0.25) is 0 Å². The molecule has 0 radical (unpaired) electrons. The van der Waals surface area contributed by atoms with E-state index < -0.39 is 6.10 Å². The fourth-order valence-corrected chi connectivity index (χ4v) is 3.55. The highest BCUT2D eigenvalue weighted by Gasteiger charge is 2.27. The molecular formula is C10H13BrO2S. The number of aliphatic hydroxyl groups excluding tert-OH is 1. The summed E-state index contributed by atoms with van der Waals surface area (Å²) in [5.74, 6) is 0. The van der Waals surface area contributed by atoms with Crippen molar-refractivity contribution in [2.45, 2.75) is 32.0 Å². The van der Waals surface area contributed by atoms with E-state index in [0.717, 1.165) is 28.8 Å². The summed E-state index contributed by atoms with van der Waals surface area (Å²) in [6.07, 6.45) is 1.57. The highest BCUT2D eigenvalue weighted by Crippen LogP contribution is 2.34. The number of ether oxygens (including phenoxy) is 1. The number of aliphatic hydroxyl groups is 1. The van der Waals surface area contributed by atoms with Crippen molar-refractivity contribution in [3.05, 3.63) is 20.3 Å². The van der Waals surface area contributed by atoms with Gasteiger partial charge in [0.2, 0.25) is 0 Å². The maximum atomic E-state index is 10.1. The van der Waals surface area contributed by atoms with Crippen LogP contribution in [0.3, 0.4) is 0 Å². The van der Waals surface area contributed by atoms with Gasteiger partial charge in [-0.25, -0.2) is 0 Å². The van der Waals surface area contributed by atoms with E-state index in [1.165, 1.54) is 4.88 Å². The van der Waals surface area contributed by atoms with Gasteiger partial charge in [0, 0.05) is 11.5 Å². The van der Waals surface area contributed by atoms with Crippen molar-refractivity contribution < 1.29 is 9.84 Å². The number of thiophene rings is 1. The molecule has 0 spiro atoms. The SMILES string of the molecule is Cc1sc(Br)cc1C(O)C1CCCO1. The maximum Gasteiger partial charge on any atom is 0.106 e. The fraction of sp³-hybridized carbons (Fsp3) is 0.600. The highest BCUT2D eigenvalue weighted by molar-refractivity contribution is 9.11. The Hall–Kier alpha value is 0.1000. The molecule has 0 aliphatic carbocycles. The maximum absolute atomic E-state index is 10.1. The molecule has 2 nitrogen and oxygen atoms in total. The lowest BCUT2D eigenvalue weighted by Gasteiger charge is -2.17. The number of rotatable bonds is 2. The number of hydrogen-bond acceptors (Lipinski definition) is 3. The fourth-order valence-electron chi connectivity index (χ4n) is 1.80. The van der Waals surface area contributed by atoms with Crippen molar-refractivity contribution in [1.29, 1.82) is 0 Å². The average Bonchev–Trinajstić information content (AvgIpc) is 2.73. The molecule has 1 aliphatic heterocycles. The van der Waals surface area contributed by atoms with E-state index in [0.29, 0.717) is 0 Å².